The summed E-state index contributed by atoms with van der Waals surface area (Å²) < 4.78 is 5.96. The van der Waals surface area contributed by atoms with Crippen LogP contribution in [0.15, 0.2) is 40.5 Å². The lowest BCUT2D eigenvalue weighted by Gasteiger charge is -2.52. The molecule has 8 nitrogen and oxygen atoms in total. The fraction of sp³-hybridized carbons (Fsp3) is 0.560. The summed E-state index contributed by atoms with van der Waals surface area (Å²) in [6.45, 7) is 7.80. The molecule has 5 rings (SSSR count). The molecule has 0 aliphatic carbocycles. The number of nitrogens with one attached hydrogen (secondary N) is 2. The van der Waals surface area contributed by atoms with Crippen LogP contribution in [0.4, 0.5) is 5.69 Å². The molecule has 9 heteroatoms. The average Bonchev–Trinajstić information content (AvgIpc) is 3.32. The second kappa shape index (κ2) is 9.57. The molecule has 0 radical (unpaired) electrons. The van der Waals surface area contributed by atoms with Gasteiger partial charge in [0, 0.05) is 24.0 Å². The zero-order chi connectivity index (χ0) is 23.8. The van der Waals surface area contributed by atoms with E-state index in [-0.39, 0.29) is 30.3 Å². The molecule has 1 aromatic rings. The molecule has 5 unspecified atom stereocenters. The van der Waals surface area contributed by atoms with Gasteiger partial charge in [0.15, 0.2) is 6.23 Å². The van der Waals surface area contributed by atoms with Crippen molar-refractivity contribution < 1.29 is 9.57 Å². The number of ether oxygens (including phenoxy) is 1. The molecule has 34 heavy (non-hydrogen) atoms. The van der Waals surface area contributed by atoms with Crippen molar-refractivity contribution in [2.75, 3.05) is 18.5 Å². The number of piperidine rings is 1. The monoisotopic (exact) mass is 482 g/mol. The highest BCUT2D eigenvalue weighted by atomic mass is 35.5. The summed E-state index contributed by atoms with van der Waals surface area (Å²) in [5, 5.41) is 13.2. The maximum Gasteiger partial charge on any atom is 0.179 e. The molecule has 2 bridgehead atoms. The lowest BCUT2D eigenvalue weighted by Crippen LogP contribution is -2.62. The van der Waals surface area contributed by atoms with E-state index in [0.29, 0.717) is 35.6 Å². The van der Waals surface area contributed by atoms with Gasteiger partial charge in [-0.15, -0.1) is 0 Å². The Hall–Kier alpha value is -2.60. The first-order chi connectivity index (χ1) is 16.4. The number of hydrogen-bond acceptors (Lipinski definition) is 8. The smallest absolute Gasteiger partial charge is 0.179 e. The van der Waals surface area contributed by atoms with Crippen LogP contribution >= 0.6 is 11.6 Å². The minimum Gasteiger partial charge on any atom is -0.377 e. The Kier molecular flexibility index (Phi) is 6.52. The molecule has 4 heterocycles. The summed E-state index contributed by atoms with van der Waals surface area (Å²) in [5.41, 5.74) is 4.39. The molecule has 0 amide bonds. The Balaban J connectivity index is 1.30. The van der Waals surface area contributed by atoms with Gasteiger partial charge < -0.3 is 15.0 Å². The van der Waals surface area contributed by atoms with Crippen molar-refractivity contribution in [3.8, 4) is 6.07 Å². The lowest BCUT2D eigenvalue weighted by molar-refractivity contribution is -0.0891. The molecule has 5 atom stereocenters. The molecule has 2 N–H and O–H groups in total. The second-order valence-corrected chi connectivity index (χ2v) is 10.3. The van der Waals surface area contributed by atoms with Gasteiger partial charge in [0.2, 0.25) is 0 Å². The number of aliphatic imine (C=N–C) groups is 2. The normalized spacial score (nSPS) is 32.6. The predicted molar refractivity (Wildman–Crippen MR) is 133 cm³/mol. The first-order valence-corrected chi connectivity index (χ1v) is 12.4. The summed E-state index contributed by atoms with van der Waals surface area (Å²) in [4.78, 5) is 18.0. The Bertz CT molecular complexity index is 1050. The van der Waals surface area contributed by atoms with E-state index in [2.05, 4.69) is 48.6 Å². The number of benzene rings is 1. The second-order valence-electron chi connectivity index (χ2n) is 9.86. The van der Waals surface area contributed by atoms with Gasteiger partial charge in [0.05, 0.1) is 53.7 Å². The molecular formula is C25H31ClN6O2. The van der Waals surface area contributed by atoms with Crippen LogP contribution in [0.25, 0.3) is 0 Å². The summed E-state index contributed by atoms with van der Waals surface area (Å²) in [6.07, 6.45) is 5.72. The third-order valence-electron chi connectivity index (χ3n) is 7.19. The SMILES string of the molecule is CC(C)C1=NC(C2CC3COCC(C2)N3C2=NC=CC(Nc3ccc(C#N)cc3Cl)C2C)ON1. The summed E-state index contributed by atoms with van der Waals surface area (Å²) in [7, 11) is 0. The van der Waals surface area contributed by atoms with Gasteiger partial charge in [0.25, 0.3) is 0 Å². The van der Waals surface area contributed by atoms with Gasteiger partial charge in [-0.1, -0.05) is 32.4 Å². The maximum absolute atomic E-state index is 9.11. The Morgan fingerprint density at radius 3 is 2.68 bits per heavy atom. The molecule has 4 aliphatic rings. The predicted octanol–water partition coefficient (Wildman–Crippen LogP) is 3.95. The van der Waals surface area contributed by atoms with E-state index in [1.807, 2.05) is 12.3 Å². The van der Waals surface area contributed by atoms with E-state index in [9.17, 15) is 0 Å². The number of anilines is 1. The van der Waals surface area contributed by atoms with Crippen LogP contribution in [-0.4, -0.2) is 54.1 Å². The van der Waals surface area contributed by atoms with E-state index >= 15 is 0 Å². The highest BCUT2D eigenvalue weighted by Gasteiger charge is 2.46. The van der Waals surface area contributed by atoms with Crippen LogP contribution in [0.3, 0.4) is 0 Å². The average molecular weight is 483 g/mol. The molecular weight excluding hydrogens is 452 g/mol. The quantitative estimate of drug-likeness (QED) is 0.674. The number of hydroxylamine groups is 1. The molecule has 1 aromatic carbocycles. The molecule has 2 saturated heterocycles. The topological polar surface area (TPSA) is 94.3 Å². The highest BCUT2D eigenvalue weighted by molar-refractivity contribution is 6.33. The number of nitrogens with zero attached hydrogens (tertiary/aromatic N) is 4. The standard InChI is InChI=1S/C25H31ClN6O2/c1-14(2)23-30-25(34-31-23)17-9-18-12-33-13-19(10-17)32(18)24-15(3)21(6-7-28-24)29-22-5-4-16(11-27)8-20(22)26/h4-8,14-15,17-19,21,25,29H,9-10,12-13H2,1-3H3,(H,30,31). The molecule has 0 aromatic heterocycles. The van der Waals surface area contributed by atoms with Gasteiger partial charge in [-0.3, -0.25) is 5.48 Å². The number of nitriles is 1. The van der Waals surface area contributed by atoms with Crippen LogP contribution < -0.4 is 10.8 Å². The van der Waals surface area contributed by atoms with Crippen LogP contribution in [0.5, 0.6) is 0 Å². The van der Waals surface area contributed by atoms with E-state index in [1.54, 1.807) is 12.1 Å². The van der Waals surface area contributed by atoms with Crippen LogP contribution in [0.2, 0.25) is 5.02 Å². The Morgan fingerprint density at radius 1 is 1.26 bits per heavy atom. The Labute approximate surface area is 205 Å². The van der Waals surface area contributed by atoms with Crippen LogP contribution in [-0.2, 0) is 9.57 Å². The summed E-state index contributed by atoms with van der Waals surface area (Å²) in [6, 6.07) is 7.98. The fourth-order valence-corrected chi connectivity index (χ4v) is 5.59. The van der Waals surface area contributed by atoms with Crippen molar-refractivity contribution in [3.05, 3.63) is 41.1 Å². The number of fused-ring (bicyclic) bond motifs is 2. The zero-order valence-electron chi connectivity index (χ0n) is 19.7. The number of amidine groups is 2. The van der Waals surface area contributed by atoms with Gasteiger partial charge >= 0.3 is 0 Å². The summed E-state index contributed by atoms with van der Waals surface area (Å²) in [5.74, 6) is 2.83. The fourth-order valence-electron chi connectivity index (χ4n) is 5.36. The van der Waals surface area contributed by atoms with E-state index in [0.717, 1.165) is 30.2 Å². The van der Waals surface area contributed by atoms with Gasteiger partial charge in [-0.05, 0) is 37.1 Å². The number of hydrogen-bond donors (Lipinski definition) is 2. The highest BCUT2D eigenvalue weighted by Crippen LogP contribution is 2.38. The minimum absolute atomic E-state index is 0.0397. The zero-order valence-corrected chi connectivity index (χ0v) is 20.5. The lowest BCUT2D eigenvalue weighted by atomic mass is 9.82. The molecule has 4 aliphatic heterocycles. The van der Waals surface area contributed by atoms with Gasteiger partial charge in [0.1, 0.15) is 11.7 Å². The van der Waals surface area contributed by atoms with E-state index in [4.69, 9.17) is 36.4 Å². The largest absolute Gasteiger partial charge is 0.377 e. The van der Waals surface area contributed by atoms with Crippen molar-refractivity contribution in [2.45, 2.75) is 58.0 Å². The molecule has 0 spiro atoms. The third-order valence-corrected chi connectivity index (χ3v) is 7.50. The number of halogens is 1. The van der Waals surface area contributed by atoms with Gasteiger partial charge in [-0.2, -0.15) is 5.26 Å². The van der Waals surface area contributed by atoms with E-state index in [1.165, 1.54) is 0 Å². The molecule has 2 fully saturated rings. The first kappa shape index (κ1) is 23.2. The van der Waals surface area contributed by atoms with E-state index < -0.39 is 0 Å². The Morgan fingerprint density at radius 2 is 2.03 bits per heavy atom. The molecule has 0 saturated carbocycles. The van der Waals surface area contributed by atoms with Crippen LogP contribution in [0.1, 0.15) is 39.2 Å². The van der Waals surface area contributed by atoms with Crippen molar-refractivity contribution in [3.63, 3.8) is 0 Å². The third kappa shape index (κ3) is 4.40. The van der Waals surface area contributed by atoms with Gasteiger partial charge in [-0.25, -0.2) is 14.8 Å². The van der Waals surface area contributed by atoms with Crippen molar-refractivity contribution in [1.29, 1.82) is 5.26 Å². The van der Waals surface area contributed by atoms with Crippen molar-refractivity contribution in [2.24, 2.45) is 27.7 Å². The number of rotatable bonds is 4. The van der Waals surface area contributed by atoms with Crippen molar-refractivity contribution in [1.82, 2.24) is 10.4 Å². The first-order valence-electron chi connectivity index (χ1n) is 12.0. The molecule has 180 valence electrons. The number of morpholine rings is 1. The minimum atomic E-state index is -0.138. The summed E-state index contributed by atoms with van der Waals surface area (Å²) >= 11 is 6.42. The van der Waals surface area contributed by atoms with Crippen LogP contribution in [0, 0.1) is 29.1 Å². The van der Waals surface area contributed by atoms with Crippen molar-refractivity contribution >= 4 is 29.0 Å². The maximum atomic E-state index is 9.11.